The maximum Gasteiger partial charge on any atom is 0.339 e. The number of hydrogen-bond acceptors (Lipinski definition) is 5. The zero-order valence-corrected chi connectivity index (χ0v) is 16.4. The molecule has 2 aromatic carbocycles. The van der Waals surface area contributed by atoms with E-state index in [9.17, 15) is 14.7 Å². The number of carbonyl (C=O) groups is 2. The Bertz CT molecular complexity index is 926. The van der Waals surface area contributed by atoms with E-state index in [1.807, 2.05) is 0 Å². The Kier molecular flexibility index (Phi) is 6.48. The summed E-state index contributed by atoms with van der Waals surface area (Å²) in [5.74, 6) is -1.97. The van der Waals surface area contributed by atoms with Crippen LogP contribution in [0.15, 0.2) is 24.3 Å². The Balaban J connectivity index is 2.17. The zero-order chi connectivity index (χ0) is 20.3. The number of ether oxygens (including phenoxy) is 1. The number of phenols is 1. The summed E-state index contributed by atoms with van der Waals surface area (Å²) in [5, 5.41) is 24.2. The molecule has 10 heteroatoms. The van der Waals surface area contributed by atoms with Gasteiger partial charge in [-0.3, -0.25) is 10.1 Å². The van der Waals surface area contributed by atoms with E-state index >= 15 is 0 Å². The molecule has 7 nitrogen and oxygen atoms in total. The molecule has 0 spiro atoms. The molecule has 0 bridgehead atoms. The van der Waals surface area contributed by atoms with E-state index in [0.717, 1.165) is 0 Å². The maximum absolute atomic E-state index is 12.3. The second-order valence-corrected chi connectivity index (χ2v) is 6.60. The van der Waals surface area contributed by atoms with Crippen molar-refractivity contribution in [3.63, 3.8) is 0 Å². The van der Waals surface area contributed by atoms with Crippen molar-refractivity contribution in [1.82, 2.24) is 5.32 Å². The number of aromatic carboxylic acids is 1. The van der Waals surface area contributed by atoms with Gasteiger partial charge in [0.1, 0.15) is 11.3 Å². The highest BCUT2D eigenvalue weighted by atomic mass is 35.5. The number of carboxylic acids is 1. The average Bonchev–Trinajstić information content (AvgIpc) is 2.57. The van der Waals surface area contributed by atoms with Gasteiger partial charge in [0.2, 0.25) is 0 Å². The van der Waals surface area contributed by atoms with Crippen molar-refractivity contribution in [3.05, 3.63) is 51.0 Å². The van der Waals surface area contributed by atoms with E-state index < -0.39 is 11.9 Å². The van der Waals surface area contributed by atoms with Gasteiger partial charge in [0.15, 0.2) is 10.9 Å². The van der Waals surface area contributed by atoms with Crippen molar-refractivity contribution in [2.75, 3.05) is 12.4 Å². The normalized spacial score (nSPS) is 10.2. The summed E-state index contributed by atoms with van der Waals surface area (Å²) in [7, 11) is 1.40. The monoisotopic (exact) mass is 428 g/mol. The van der Waals surface area contributed by atoms with Crippen LogP contribution in [0.3, 0.4) is 0 Å². The average molecular weight is 429 g/mol. The molecule has 0 aromatic heterocycles. The molecule has 4 N–H and O–H groups in total. The lowest BCUT2D eigenvalue weighted by Gasteiger charge is -2.13. The first-order valence-electron chi connectivity index (χ1n) is 7.36. The third-order valence-electron chi connectivity index (χ3n) is 3.48. The second kappa shape index (κ2) is 8.43. The van der Waals surface area contributed by atoms with Gasteiger partial charge in [0.25, 0.3) is 5.91 Å². The summed E-state index contributed by atoms with van der Waals surface area (Å²) in [6.45, 7) is 1.54. The van der Waals surface area contributed by atoms with Crippen LogP contribution in [0.2, 0.25) is 10.0 Å². The smallest absolute Gasteiger partial charge is 0.339 e. The number of nitrogens with one attached hydrogen (secondary N) is 2. The summed E-state index contributed by atoms with van der Waals surface area (Å²) in [5.41, 5.74) is 0.488. The van der Waals surface area contributed by atoms with E-state index in [-0.39, 0.29) is 37.8 Å². The van der Waals surface area contributed by atoms with Crippen molar-refractivity contribution in [2.24, 2.45) is 0 Å². The number of aryl methyl sites for hydroxylation is 1. The predicted molar refractivity (Wildman–Crippen MR) is 107 cm³/mol. The number of carboxylic acid groups (broad SMARTS) is 1. The lowest BCUT2D eigenvalue weighted by molar-refractivity contribution is 0.0693. The number of thiocarbonyl (C=S) groups is 1. The number of rotatable bonds is 4. The van der Waals surface area contributed by atoms with Gasteiger partial charge in [0, 0.05) is 11.3 Å². The van der Waals surface area contributed by atoms with Gasteiger partial charge < -0.3 is 20.3 Å². The number of carbonyl (C=O) groups excluding carboxylic acids is 1. The van der Waals surface area contributed by atoms with E-state index in [2.05, 4.69) is 10.6 Å². The molecule has 0 aliphatic rings. The number of aromatic hydroxyl groups is 1. The van der Waals surface area contributed by atoms with Crippen LogP contribution in [-0.2, 0) is 0 Å². The minimum Gasteiger partial charge on any atom is -0.507 e. The molecule has 0 unspecified atom stereocenters. The van der Waals surface area contributed by atoms with E-state index in [4.69, 9.17) is 45.3 Å². The molecular weight excluding hydrogens is 415 g/mol. The van der Waals surface area contributed by atoms with Gasteiger partial charge >= 0.3 is 5.97 Å². The molecule has 1 amide bonds. The minimum atomic E-state index is -1.29. The fourth-order valence-electron chi connectivity index (χ4n) is 2.24. The zero-order valence-electron chi connectivity index (χ0n) is 14.1. The fourth-order valence-corrected chi connectivity index (χ4v) is 3.09. The van der Waals surface area contributed by atoms with Crippen LogP contribution in [0.1, 0.15) is 26.3 Å². The minimum absolute atomic E-state index is 0.0792. The Morgan fingerprint density at radius 1 is 1.15 bits per heavy atom. The highest BCUT2D eigenvalue weighted by molar-refractivity contribution is 7.80. The van der Waals surface area contributed by atoms with Crippen LogP contribution in [0.25, 0.3) is 0 Å². The van der Waals surface area contributed by atoms with Gasteiger partial charge in [0.05, 0.1) is 17.2 Å². The Labute approximate surface area is 169 Å². The molecule has 0 atom stereocenters. The maximum atomic E-state index is 12.3. The molecule has 2 rings (SSSR count). The Hall–Kier alpha value is -2.55. The first-order chi connectivity index (χ1) is 12.6. The standard InChI is InChI=1S/C17H14Cl2N2O5S/c1-7-3-9(6-10(13(7)22)16(24)25)20-17(27)21-15(23)8-4-11(18)14(26-2)12(19)5-8/h3-6,22H,1-2H3,(H,24,25)(H2,20,21,23,27). The summed E-state index contributed by atoms with van der Waals surface area (Å²) in [6, 6.07) is 5.43. The van der Waals surface area contributed by atoms with Gasteiger partial charge in [-0.15, -0.1) is 0 Å². The third kappa shape index (κ3) is 4.79. The van der Waals surface area contributed by atoms with Gasteiger partial charge in [-0.1, -0.05) is 23.2 Å². The highest BCUT2D eigenvalue weighted by Gasteiger charge is 2.16. The van der Waals surface area contributed by atoms with Crippen molar-refractivity contribution >= 4 is 58.1 Å². The SMILES string of the molecule is COc1c(Cl)cc(C(=O)NC(=S)Nc2cc(C)c(O)c(C(=O)O)c2)cc1Cl. The molecule has 0 radical (unpaired) electrons. The molecule has 0 fully saturated rings. The molecule has 27 heavy (non-hydrogen) atoms. The molecule has 0 aliphatic heterocycles. The Morgan fingerprint density at radius 3 is 2.26 bits per heavy atom. The molecule has 0 heterocycles. The first-order valence-corrected chi connectivity index (χ1v) is 8.52. The molecule has 0 saturated carbocycles. The Morgan fingerprint density at radius 2 is 1.74 bits per heavy atom. The van der Waals surface area contributed by atoms with Gasteiger partial charge in [-0.05, 0) is 49.0 Å². The van der Waals surface area contributed by atoms with E-state index in [0.29, 0.717) is 11.3 Å². The van der Waals surface area contributed by atoms with Crippen molar-refractivity contribution < 1.29 is 24.5 Å². The van der Waals surface area contributed by atoms with Crippen LogP contribution in [0.4, 0.5) is 5.69 Å². The quantitative estimate of drug-likeness (QED) is 0.432. The van der Waals surface area contributed by atoms with Gasteiger partial charge in [-0.25, -0.2) is 4.79 Å². The number of halogens is 2. The topological polar surface area (TPSA) is 108 Å². The van der Waals surface area contributed by atoms with Crippen LogP contribution >= 0.6 is 35.4 Å². The second-order valence-electron chi connectivity index (χ2n) is 5.38. The van der Waals surface area contributed by atoms with Crippen molar-refractivity contribution in [1.29, 1.82) is 0 Å². The molecular formula is C17H14Cl2N2O5S. The van der Waals surface area contributed by atoms with Crippen LogP contribution in [0, 0.1) is 6.92 Å². The lowest BCUT2D eigenvalue weighted by atomic mass is 10.1. The number of methoxy groups -OCH3 is 1. The molecule has 0 saturated heterocycles. The predicted octanol–water partition coefficient (Wildman–Crippen LogP) is 3.84. The van der Waals surface area contributed by atoms with Crippen LogP contribution in [-0.4, -0.2) is 34.3 Å². The molecule has 0 aliphatic carbocycles. The summed E-state index contributed by atoms with van der Waals surface area (Å²) < 4.78 is 5.02. The summed E-state index contributed by atoms with van der Waals surface area (Å²) in [6.07, 6.45) is 0. The first kappa shape index (κ1) is 20.8. The van der Waals surface area contributed by atoms with Gasteiger partial charge in [-0.2, -0.15) is 0 Å². The van der Waals surface area contributed by atoms with Crippen LogP contribution < -0.4 is 15.4 Å². The summed E-state index contributed by atoms with van der Waals surface area (Å²) >= 11 is 17.1. The van der Waals surface area contributed by atoms with E-state index in [1.165, 1.54) is 38.3 Å². The lowest BCUT2D eigenvalue weighted by Crippen LogP contribution is -2.34. The number of benzene rings is 2. The molecule has 2 aromatic rings. The highest BCUT2D eigenvalue weighted by Crippen LogP contribution is 2.33. The number of amides is 1. The van der Waals surface area contributed by atoms with Crippen LogP contribution in [0.5, 0.6) is 11.5 Å². The van der Waals surface area contributed by atoms with Crippen molar-refractivity contribution in [3.8, 4) is 11.5 Å². The van der Waals surface area contributed by atoms with Crippen molar-refractivity contribution in [2.45, 2.75) is 6.92 Å². The largest absolute Gasteiger partial charge is 0.507 e. The number of hydrogen-bond donors (Lipinski definition) is 4. The molecule has 142 valence electrons. The summed E-state index contributed by atoms with van der Waals surface area (Å²) in [4.78, 5) is 23.5. The third-order valence-corrected chi connectivity index (χ3v) is 4.25. The number of anilines is 1. The van der Waals surface area contributed by atoms with E-state index in [1.54, 1.807) is 0 Å². The fraction of sp³-hybridized carbons (Fsp3) is 0.118.